The van der Waals surface area contributed by atoms with E-state index in [4.69, 9.17) is 0 Å². The van der Waals surface area contributed by atoms with Gasteiger partial charge in [-0.25, -0.2) is 0 Å². The van der Waals surface area contributed by atoms with Crippen molar-refractivity contribution in [1.29, 1.82) is 0 Å². The lowest BCUT2D eigenvalue weighted by molar-refractivity contribution is -0.138. The van der Waals surface area contributed by atoms with Crippen molar-refractivity contribution in [3.05, 3.63) is 59.7 Å². The molecule has 0 bridgehead atoms. The summed E-state index contributed by atoms with van der Waals surface area (Å²) in [5, 5.41) is 1.41. The number of benzene rings is 2. The van der Waals surface area contributed by atoms with Crippen molar-refractivity contribution in [2.75, 3.05) is 6.16 Å². The molecule has 0 aliphatic carbocycles. The van der Waals surface area contributed by atoms with Crippen molar-refractivity contribution in [2.24, 2.45) is 0 Å². The van der Waals surface area contributed by atoms with Gasteiger partial charge in [-0.2, -0.15) is 26.3 Å². The predicted molar refractivity (Wildman–Crippen MR) is 79.6 cm³/mol. The largest absolute Gasteiger partial charge is 0.416 e. The molecule has 0 saturated carbocycles. The number of alkyl halides is 6. The molecule has 0 saturated heterocycles. The van der Waals surface area contributed by atoms with Crippen LogP contribution >= 0.6 is 7.92 Å². The fraction of sp³-hybridized carbons (Fsp3) is 0.250. The highest BCUT2D eigenvalue weighted by Gasteiger charge is 2.31. The Morgan fingerprint density at radius 1 is 0.652 bits per heavy atom. The highest BCUT2D eigenvalue weighted by Crippen LogP contribution is 2.36. The van der Waals surface area contributed by atoms with Gasteiger partial charge in [0.2, 0.25) is 0 Å². The van der Waals surface area contributed by atoms with E-state index in [9.17, 15) is 26.3 Å². The van der Waals surface area contributed by atoms with E-state index in [0.29, 0.717) is 16.8 Å². The van der Waals surface area contributed by atoms with Gasteiger partial charge in [0.1, 0.15) is 0 Å². The minimum absolute atomic E-state index is 0.631. The smallest absolute Gasteiger partial charge is 0.166 e. The van der Waals surface area contributed by atoms with Crippen LogP contribution in [-0.2, 0) is 12.4 Å². The van der Waals surface area contributed by atoms with Gasteiger partial charge in [-0.15, -0.1) is 0 Å². The lowest BCUT2D eigenvalue weighted by Crippen LogP contribution is -2.15. The zero-order valence-electron chi connectivity index (χ0n) is 12.0. The second kappa shape index (κ2) is 6.52. The fourth-order valence-electron chi connectivity index (χ4n) is 2.17. The van der Waals surface area contributed by atoms with Crippen molar-refractivity contribution in [3.8, 4) is 0 Å². The van der Waals surface area contributed by atoms with E-state index in [-0.39, 0.29) is 0 Å². The van der Waals surface area contributed by atoms with Gasteiger partial charge in [-0.3, -0.25) is 0 Å². The van der Waals surface area contributed by atoms with Crippen LogP contribution in [-0.4, -0.2) is 6.16 Å². The highest BCUT2D eigenvalue weighted by atomic mass is 31.1. The maximum Gasteiger partial charge on any atom is 0.416 e. The molecule has 0 spiro atoms. The molecular weight excluding hydrogens is 337 g/mol. The average molecular weight is 350 g/mol. The first-order valence-corrected chi connectivity index (χ1v) is 8.27. The van der Waals surface area contributed by atoms with Crippen LogP contribution in [0.2, 0.25) is 0 Å². The molecule has 0 aromatic heterocycles. The first kappa shape index (κ1) is 17.8. The maximum absolute atomic E-state index is 12.6. The van der Waals surface area contributed by atoms with Gasteiger partial charge in [-0.05, 0) is 49.0 Å². The summed E-state index contributed by atoms with van der Waals surface area (Å²) < 4.78 is 75.5. The normalized spacial score (nSPS) is 12.7. The molecule has 0 nitrogen and oxygen atoms in total. The van der Waals surface area contributed by atoms with Gasteiger partial charge >= 0.3 is 12.4 Å². The zero-order chi connectivity index (χ0) is 17.3. The first-order chi connectivity index (χ1) is 10.6. The van der Waals surface area contributed by atoms with Gasteiger partial charge in [0.05, 0.1) is 11.1 Å². The second-order valence-electron chi connectivity index (χ2n) is 4.83. The van der Waals surface area contributed by atoms with E-state index in [1.54, 1.807) is 0 Å². The van der Waals surface area contributed by atoms with E-state index in [1.807, 2.05) is 6.92 Å². The molecule has 2 aromatic carbocycles. The van der Waals surface area contributed by atoms with Crippen LogP contribution in [0.1, 0.15) is 18.1 Å². The Bertz CT molecular complexity index is 583. The van der Waals surface area contributed by atoms with Crippen LogP contribution in [0.3, 0.4) is 0 Å². The molecule has 7 heteroatoms. The molecular formula is C16H13F6P. The lowest BCUT2D eigenvalue weighted by atomic mass is 10.2. The summed E-state index contributed by atoms with van der Waals surface area (Å²) in [5.74, 6) is 0. The summed E-state index contributed by atoms with van der Waals surface area (Å²) in [7, 11) is -0.980. The van der Waals surface area contributed by atoms with Crippen molar-refractivity contribution in [1.82, 2.24) is 0 Å². The highest BCUT2D eigenvalue weighted by molar-refractivity contribution is 7.72. The number of rotatable bonds is 3. The van der Waals surface area contributed by atoms with Crippen molar-refractivity contribution in [3.63, 3.8) is 0 Å². The van der Waals surface area contributed by atoms with Crippen molar-refractivity contribution >= 4 is 18.5 Å². The fourth-order valence-corrected chi connectivity index (χ4v) is 4.22. The Kier molecular flexibility index (Phi) is 5.04. The molecule has 23 heavy (non-hydrogen) atoms. The molecule has 0 aliphatic rings. The summed E-state index contributed by atoms with van der Waals surface area (Å²) in [4.78, 5) is 0. The van der Waals surface area contributed by atoms with Crippen LogP contribution < -0.4 is 10.6 Å². The third kappa shape index (κ3) is 4.25. The predicted octanol–water partition coefficient (Wildman–Crippen LogP) is 5.18. The lowest BCUT2D eigenvalue weighted by Gasteiger charge is -2.18. The first-order valence-electron chi connectivity index (χ1n) is 6.75. The Labute approximate surface area is 130 Å². The molecule has 0 N–H and O–H groups in total. The third-order valence-electron chi connectivity index (χ3n) is 3.33. The number of halogens is 6. The third-order valence-corrected chi connectivity index (χ3v) is 5.80. The van der Waals surface area contributed by atoms with Crippen LogP contribution in [0, 0.1) is 0 Å². The Morgan fingerprint density at radius 2 is 0.957 bits per heavy atom. The molecule has 124 valence electrons. The molecule has 0 aliphatic heterocycles. The monoisotopic (exact) mass is 350 g/mol. The van der Waals surface area contributed by atoms with E-state index >= 15 is 0 Å². The van der Waals surface area contributed by atoms with Crippen LogP contribution in [0.25, 0.3) is 0 Å². The van der Waals surface area contributed by atoms with Gasteiger partial charge < -0.3 is 0 Å². The Morgan fingerprint density at radius 3 is 1.17 bits per heavy atom. The van der Waals surface area contributed by atoms with Crippen LogP contribution in [0.15, 0.2) is 48.5 Å². The van der Waals surface area contributed by atoms with Crippen molar-refractivity contribution in [2.45, 2.75) is 19.3 Å². The summed E-state index contributed by atoms with van der Waals surface area (Å²) >= 11 is 0. The second-order valence-corrected chi connectivity index (χ2v) is 7.35. The molecule has 0 fully saturated rings. The van der Waals surface area contributed by atoms with Crippen molar-refractivity contribution < 1.29 is 26.3 Å². The molecule has 2 aromatic rings. The Balaban J connectivity index is 2.29. The van der Waals surface area contributed by atoms with Gasteiger partial charge in [0.15, 0.2) is 0 Å². The van der Waals surface area contributed by atoms with Crippen LogP contribution in [0.5, 0.6) is 0 Å². The summed E-state index contributed by atoms with van der Waals surface area (Å²) in [5.41, 5.74) is -1.47. The Hall–Kier alpha value is -1.55. The molecule has 2 rings (SSSR count). The molecule has 0 unspecified atom stereocenters. The van der Waals surface area contributed by atoms with E-state index in [1.165, 1.54) is 24.3 Å². The maximum atomic E-state index is 12.6. The quantitative estimate of drug-likeness (QED) is 0.529. The van der Waals surface area contributed by atoms with Gasteiger partial charge in [-0.1, -0.05) is 31.2 Å². The molecule has 0 atom stereocenters. The molecule has 0 heterocycles. The van der Waals surface area contributed by atoms with Crippen LogP contribution in [0.4, 0.5) is 26.3 Å². The summed E-state index contributed by atoms with van der Waals surface area (Å²) in [6.45, 7) is 1.86. The minimum atomic E-state index is -4.40. The summed E-state index contributed by atoms with van der Waals surface area (Å²) in [6.07, 6.45) is -8.17. The van der Waals surface area contributed by atoms with Gasteiger partial charge in [0, 0.05) is 0 Å². The average Bonchev–Trinajstić information content (AvgIpc) is 2.47. The van der Waals surface area contributed by atoms with Gasteiger partial charge in [0.25, 0.3) is 0 Å². The number of hydrogen-bond acceptors (Lipinski definition) is 0. The SMILES string of the molecule is CCP(c1ccc(C(F)(F)F)cc1)c1ccc(C(F)(F)F)cc1. The topological polar surface area (TPSA) is 0 Å². The molecule has 0 amide bonds. The van der Waals surface area contributed by atoms with E-state index in [2.05, 4.69) is 0 Å². The summed E-state index contributed by atoms with van der Waals surface area (Å²) in [6, 6.07) is 9.61. The number of hydrogen-bond donors (Lipinski definition) is 0. The van der Waals surface area contributed by atoms with E-state index < -0.39 is 31.4 Å². The minimum Gasteiger partial charge on any atom is -0.166 e. The van der Waals surface area contributed by atoms with E-state index in [0.717, 1.165) is 24.3 Å². The zero-order valence-corrected chi connectivity index (χ0v) is 12.9. The standard InChI is InChI=1S/C16H13F6P/c1-2-23(13-7-3-11(4-8-13)15(17,18)19)14-9-5-12(6-10-14)16(20,21)22/h3-10H,2H2,1H3. The molecule has 0 radical (unpaired) electrons.